The molecule has 1 heterocycles. The lowest BCUT2D eigenvalue weighted by Gasteiger charge is -1.99. The Morgan fingerprint density at radius 1 is 1.29 bits per heavy atom. The maximum atomic E-state index is 13.2. The van der Waals surface area contributed by atoms with Gasteiger partial charge in [0.1, 0.15) is 5.82 Å². The van der Waals surface area contributed by atoms with Crippen molar-refractivity contribution >= 4 is 12.4 Å². The SMILES string of the molecule is Cl.Fc1ccccc1Cc1cn[nH]c1. The number of halogens is 2. The maximum absolute atomic E-state index is 13.2. The molecule has 0 aliphatic heterocycles. The van der Waals surface area contributed by atoms with Gasteiger partial charge in [0.25, 0.3) is 0 Å². The van der Waals surface area contributed by atoms with Crippen molar-refractivity contribution in [2.75, 3.05) is 0 Å². The van der Waals surface area contributed by atoms with Gasteiger partial charge in [0, 0.05) is 12.6 Å². The van der Waals surface area contributed by atoms with Gasteiger partial charge < -0.3 is 0 Å². The minimum absolute atomic E-state index is 0. The first-order valence-corrected chi connectivity index (χ1v) is 4.07. The van der Waals surface area contributed by atoms with Crippen LogP contribution in [0.3, 0.4) is 0 Å². The first-order valence-electron chi connectivity index (χ1n) is 4.07. The highest BCUT2D eigenvalue weighted by Gasteiger charge is 2.01. The number of rotatable bonds is 2. The molecule has 2 nitrogen and oxygen atoms in total. The molecule has 1 N–H and O–H groups in total. The molecule has 2 aromatic rings. The molecule has 0 spiro atoms. The molecule has 74 valence electrons. The summed E-state index contributed by atoms with van der Waals surface area (Å²) in [4.78, 5) is 0. The normalized spacial score (nSPS) is 9.50. The summed E-state index contributed by atoms with van der Waals surface area (Å²) < 4.78 is 13.2. The molecule has 0 radical (unpaired) electrons. The third-order valence-corrected chi connectivity index (χ3v) is 1.91. The Morgan fingerprint density at radius 3 is 2.71 bits per heavy atom. The first-order chi connectivity index (χ1) is 6.36. The van der Waals surface area contributed by atoms with E-state index in [0.29, 0.717) is 12.0 Å². The number of nitrogens with one attached hydrogen (secondary N) is 1. The smallest absolute Gasteiger partial charge is 0.126 e. The summed E-state index contributed by atoms with van der Waals surface area (Å²) in [5, 5.41) is 6.50. The van der Waals surface area contributed by atoms with Gasteiger partial charge in [-0.15, -0.1) is 12.4 Å². The van der Waals surface area contributed by atoms with Gasteiger partial charge in [-0.2, -0.15) is 5.10 Å². The van der Waals surface area contributed by atoms with Crippen molar-refractivity contribution in [2.45, 2.75) is 6.42 Å². The van der Waals surface area contributed by atoms with E-state index < -0.39 is 0 Å². The fourth-order valence-electron chi connectivity index (χ4n) is 1.24. The molecule has 0 atom stereocenters. The summed E-state index contributed by atoms with van der Waals surface area (Å²) in [5.41, 5.74) is 1.69. The van der Waals surface area contributed by atoms with Crippen LogP contribution < -0.4 is 0 Å². The Morgan fingerprint density at radius 2 is 2.07 bits per heavy atom. The minimum Gasteiger partial charge on any atom is -0.285 e. The third-order valence-electron chi connectivity index (χ3n) is 1.91. The summed E-state index contributed by atoms with van der Waals surface area (Å²) >= 11 is 0. The van der Waals surface area contributed by atoms with Crippen LogP contribution in [0, 0.1) is 5.82 Å². The molecule has 0 bridgehead atoms. The second-order valence-corrected chi connectivity index (χ2v) is 2.87. The fraction of sp³-hybridized carbons (Fsp3) is 0.100. The quantitative estimate of drug-likeness (QED) is 0.815. The van der Waals surface area contributed by atoms with Crippen LogP contribution >= 0.6 is 12.4 Å². The Hall–Kier alpha value is -1.35. The van der Waals surface area contributed by atoms with E-state index in [-0.39, 0.29) is 18.2 Å². The summed E-state index contributed by atoms with van der Waals surface area (Å²) in [7, 11) is 0. The fourth-order valence-corrected chi connectivity index (χ4v) is 1.24. The summed E-state index contributed by atoms with van der Waals surface area (Å²) in [6, 6.07) is 6.77. The van der Waals surface area contributed by atoms with Crippen LogP contribution in [0.1, 0.15) is 11.1 Å². The van der Waals surface area contributed by atoms with E-state index in [9.17, 15) is 4.39 Å². The zero-order chi connectivity index (χ0) is 9.10. The molecule has 1 aromatic carbocycles. The van der Waals surface area contributed by atoms with Gasteiger partial charge >= 0.3 is 0 Å². The Labute approximate surface area is 87.6 Å². The lowest BCUT2D eigenvalue weighted by molar-refractivity contribution is 0.614. The number of benzene rings is 1. The monoisotopic (exact) mass is 212 g/mol. The minimum atomic E-state index is -0.163. The molecule has 0 saturated heterocycles. The maximum Gasteiger partial charge on any atom is 0.126 e. The van der Waals surface area contributed by atoms with E-state index >= 15 is 0 Å². The van der Waals surface area contributed by atoms with Crippen LogP contribution in [-0.4, -0.2) is 10.2 Å². The standard InChI is InChI=1S/C10H9FN2.ClH/c11-10-4-2-1-3-9(10)5-8-6-12-13-7-8;/h1-4,6-7H,5H2,(H,12,13);1H. The molecule has 0 aliphatic carbocycles. The largest absolute Gasteiger partial charge is 0.285 e. The number of aromatic nitrogens is 2. The van der Waals surface area contributed by atoms with Gasteiger partial charge in [0.15, 0.2) is 0 Å². The van der Waals surface area contributed by atoms with E-state index in [1.807, 2.05) is 6.07 Å². The molecule has 0 unspecified atom stereocenters. The molecule has 0 saturated carbocycles. The highest BCUT2D eigenvalue weighted by molar-refractivity contribution is 5.85. The van der Waals surface area contributed by atoms with Crippen LogP contribution in [0.5, 0.6) is 0 Å². The summed E-state index contributed by atoms with van der Waals surface area (Å²) in [5.74, 6) is -0.163. The molecule has 0 fully saturated rings. The molecule has 0 amide bonds. The van der Waals surface area contributed by atoms with Gasteiger partial charge in [-0.1, -0.05) is 18.2 Å². The average Bonchev–Trinajstić information content (AvgIpc) is 2.61. The van der Waals surface area contributed by atoms with E-state index in [4.69, 9.17) is 0 Å². The molecular weight excluding hydrogens is 203 g/mol. The number of hydrogen-bond acceptors (Lipinski definition) is 1. The second-order valence-electron chi connectivity index (χ2n) is 2.87. The number of nitrogens with zero attached hydrogens (tertiary/aromatic N) is 1. The number of aromatic amines is 1. The van der Waals surface area contributed by atoms with E-state index in [2.05, 4.69) is 10.2 Å². The zero-order valence-corrected chi connectivity index (χ0v) is 8.22. The number of hydrogen-bond donors (Lipinski definition) is 1. The molecule has 0 aliphatic rings. The second kappa shape index (κ2) is 4.77. The van der Waals surface area contributed by atoms with Gasteiger partial charge in [0.05, 0.1) is 6.20 Å². The lowest BCUT2D eigenvalue weighted by Crippen LogP contribution is -1.89. The van der Waals surface area contributed by atoms with Crippen molar-refractivity contribution < 1.29 is 4.39 Å². The predicted molar refractivity (Wildman–Crippen MR) is 55.0 cm³/mol. The number of H-pyrrole nitrogens is 1. The van der Waals surface area contributed by atoms with Crippen molar-refractivity contribution in [1.29, 1.82) is 0 Å². The van der Waals surface area contributed by atoms with E-state index in [0.717, 1.165) is 5.56 Å². The molecule has 2 rings (SSSR count). The lowest BCUT2D eigenvalue weighted by atomic mass is 10.1. The molecule has 14 heavy (non-hydrogen) atoms. The van der Waals surface area contributed by atoms with Crippen molar-refractivity contribution in [1.82, 2.24) is 10.2 Å². The van der Waals surface area contributed by atoms with E-state index in [1.54, 1.807) is 24.5 Å². The van der Waals surface area contributed by atoms with Crippen LogP contribution in [0.2, 0.25) is 0 Å². The first kappa shape index (κ1) is 10.7. The Balaban J connectivity index is 0.000000980. The highest BCUT2D eigenvalue weighted by Crippen LogP contribution is 2.11. The highest BCUT2D eigenvalue weighted by atomic mass is 35.5. The average molecular weight is 213 g/mol. The summed E-state index contributed by atoms with van der Waals surface area (Å²) in [6.45, 7) is 0. The zero-order valence-electron chi connectivity index (χ0n) is 7.40. The molecular formula is C10H10ClFN2. The third kappa shape index (κ3) is 2.33. The summed E-state index contributed by atoms with van der Waals surface area (Å²) in [6.07, 6.45) is 4.06. The van der Waals surface area contributed by atoms with Crippen molar-refractivity contribution in [3.63, 3.8) is 0 Å². The van der Waals surface area contributed by atoms with Crippen molar-refractivity contribution in [3.8, 4) is 0 Å². The van der Waals surface area contributed by atoms with Crippen LogP contribution in [0.15, 0.2) is 36.7 Å². The van der Waals surface area contributed by atoms with E-state index in [1.165, 1.54) is 6.07 Å². The van der Waals surface area contributed by atoms with Crippen LogP contribution in [0.25, 0.3) is 0 Å². The molecule has 1 aromatic heterocycles. The molecule has 4 heteroatoms. The Bertz CT molecular complexity index is 387. The van der Waals surface area contributed by atoms with Crippen molar-refractivity contribution in [2.24, 2.45) is 0 Å². The van der Waals surface area contributed by atoms with Crippen LogP contribution in [-0.2, 0) is 6.42 Å². The van der Waals surface area contributed by atoms with Crippen molar-refractivity contribution in [3.05, 3.63) is 53.6 Å². The topological polar surface area (TPSA) is 28.7 Å². The Kier molecular flexibility index (Phi) is 3.65. The van der Waals surface area contributed by atoms with Gasteiger partial charge in [0.2, 0.25) is 0 Å². The van der Waals surface area contributed by atoms with Crippen LogP contribution in [0.4, 0.5) is 4.39 Å². The van der Waals surface area contributed by atoms with Gasteiger partial charge in [-0.25, -0.2) is 4.39 Å². The van der Waals surface area contributed by atoms with Gasteiger partial charge in [-0.3, -0.25) is 5.10 Å². The van der Waals surface area contributed by atoms with Gasteiger partial charge in [-0.05, 0) is 17.2 Å². The predicted octanol–water partition coefficient (Wildman–Crippen LogP) is 2.56.